The van der Waals surface area contributed by atoms with Crippen molar-refractivity contribution in [3.05, 3.63) is 83.4 Å². The Balaban J connectivity index is 1.45. The summed E-state index contributed by atoms with van der Waals surface area (Å²) in [6.45, 7) is 1.44. The number of nitrogens with one attached hydrogen (secondary N) is 1. The molecule has 4 rings (SSSR count). The van der Waals surface area contributed by atoms with Crippen molar-refractivity contribution in [1.29, 1.82) is 0 Å². The van der Waals surface area contributed by atoms with Crippen molar-refractivity contribution in [1.82, 2.24) is 29.6 Å². The molecule has 1 atom stereocenters. The average Bonchev–Trinajstić information content (AvgIpc) is 3.30. The number of aromatic nitrogens is 6. The van der Waals surface area contributed by atoms with E-state index in [9.17, 15) is 0 Å². The minimum absolute atomic E-state index is 0.584. The first kappa shape index (κ1) is 17.3. The van der Waals surface area contributed by atoms with Gasteiger partial charge in [0.25, 0.3) is 0 Å². The van der Waals surface area contributed by atoms with Crippen LogP contribution in [-0.2, 0) is 13.2 Å². The molecule has 7 nitrogen and oxygen atoms in total. The molecule has 0 aliphatic rings. The third kappa shape index (κ3) is 3.86. The smallest absolute Gasteiger partial charge is 0.225 e. The molecule has 0 saturated heterocycles. The molecule has 27 heavy (non-hydrogen) atoms. The van der Waals surface area contributed by atoms with E-state index in [1.54, 1.807) is 9.36 Å². The molecule has 0 spiro atoms. The number of hydrogen-bond acceptors (Lipinski definition) is 4. The molecule has 4 aromatic rings. The fourth-order valence-electron chi connectivity index (χ4n) is 2.94. The molecule has 0 saturated carbocycles. The van der Waals surface area contributed by atoms with Crippen LogP contribution in [0.2, 0.25) is 0 Å². The summed E-state index contributed by atoms with van der Waals surface area (Å²) in [5.41, 5.74) is 3.11. The second-order valence-electron chi connectivity index (χ2n) is 6.43. The molecule has 2 heterocycles. The van der Waals surface area contributed by atoms with Crippen LogP contribution in [0.5, 0.6) is 0 Å². The molecule has 0 amide bonds. The Morgan fingerprint density at radius 3 is 2.30 bits per heavy atom. The maximum absolute atomic E-state index is 5.53. The van der Waals surface area contributed by atoms with Crippen molar-refractivity contribution in [2.75, 3.05) is 7.05 Å². The van der Waals surface area contributed by atoms with E-state index in [-0.39, 0.29) is 0 Å². The summed E-state index contributed by atoms with van der Waals surface area (Å²) in [6.07, 6.45) is 3.95. The van der Waals surface area contributed by atoms with Crippen LogP contribution >= 0.6 is 12.2 Å². The molecular weight excluding hydrogens is 358 g/mol. The fraction of sp³-hybridized carbons (Fsp3) is 0.158. The standard InChI is InChI=1S/C19H19N7S/c1-23(13-16-12-20-24(14-16)17-8-4-2-5-9-17)15-25-19(27)26(22-21-25)18-10-6-3-7-11-18/h2-12,14H,13,15H2,1H3/p+1. The SMILES string of the molecule is C[NH+](Cc1cnn(-c2ccccc2)c1)Cn1nnn(-c2ccccc2)c1=S. The number of para-hydroxylation sites is 2. The van der Waals surface area contributed by atoms with Gasteiger partial charge in [0.05, 0.1) is 24.6 Å². The van der Waals surface area contributed by atoms with Gasteiger partial charge >= 0.3 is 0 Å². The first-order valence-electron chi connectivity index (χ1n) is 8.69. The summed E-state index contributed by atoms with van der Waals surface area (Å²) < 4.78 is 5.90. The van der Waals surface area contributed by atoms with Crippen LogP contribution in [0.25, 0.3) is 11.4 Å². The van der Waals surface area contributed by atoms with Gasteiger partial charge in [0, 0.05) is 11.8 Å². The van der Waals surface area contributed by atoms with Crippen LogP contribution < -0.4 is 4.90 Å². The number of hydrogen-bond donors (Lipinski definition) is 1. The minimum atomic E-state index is 0.584. The second kappa shape index (κ2) is 7.65. The first-order valence-corrected chi connectivity index (χ1v) is 9.10. The number of rotatable bonds is 6. The monoisotopic (exact) mass is 378 g/mol. The van der Waals surface area contributed by atoms with Gasteiger partial charge < -0.3 is 4.90 Å². The molecular formula is C19H20N7S+. The van der Waals surface area contributed by atoms with Gasteiger partial charge in [-0.1, -0.05) is 36.4 Å². The lowest BCUT2D eigenvalue weighted by Crippen LogP contribution is -3.07. The van der Waals surface area contributed by atoms with E-state index >= 15 is 0 Å². The van der Waals surface area contributed by atoms with E-state index < -0.39 is 0 Å². The van der Waals surface area contributed by atoms with Crippen LogP contribution in [-0.4, -0.2) is 36.6 Å². The van der Waals surface area contributed by atoms with Gasteiger partial charge in [0.1, 0.15) is 6.54 Å². The van der Waals surface area contributed by atoms with Gasteiger partial charge in [-0.05, 0) is 46.9 Å². The predicted octanol–water partition coefficient (Wildman–Crippen LogP) is 1.66. The molecule has 0 bridgehead atoms. The van der Waals surface area contributed by atoms with E-state index in [1.807, 2.05) is 71.5 Å². The molecule has 0 fully saturated rings. The maximum Gasteiger partial charge on any atom is 0.225 e. The Morgan fingerprint density at radius 1 is 0.926 bits per heavy atom. The minimum Gasteiger partial charge on any atom is -0.315 e. The average molecular weight is 378 g/mol. The lowest BCUT2D eigenvalue weighted by molar-refractivity contribution is -0.917. The summed E-state index contributed by atoms with van der Waals surface area (Å²) >= 11 is 5.53. The second-order valence-corrected chi connectivity index (χ2v) is 6.79. The molecule has 0 radical (unpaired) electrons. The van der Waals surface area contributed by atoms with Gasteiger partial charge in [0.2, 0.25) is 4.77 Å². The van der Waals surface area contributed by atoms with E-state index in [0.29, 0.717) is 11.4 Å². The van der Waals surface area contributed by atoms with Gasteiger partial charge in [-0.25, -0.2) is 4.68 Å². The number of benzene rings is 2. The highest BCUT2D eigenvalue weighted by Gasteiger charge is 2.12. The molecule has 136 valence electrons. The van der Waals surface area contributed by atoms with Gasteiger partial charge in [-0.2, -0.15) is 14.5 Å². The topological polar surface area (TPSA) is 57.9 Å². The number of tetrazole rings is 1. The van der Waals surface area contributed by atoms with Crippen LogP contribution in [0, 0.1) is 4.77 Å². The van der Waals surface area contributed by atoms with Crippen molar-refractivity contribution < 1.29 is 4.90 Å². The molecule has 8 heteroatoms. The van der Waals surface area contributed by atoms with Crippen LogP contribution in [0.15, 0.2) is 73.1 Å². The zero-order valence-corrected chi connectivity index (χ0v) is 15.8. The van der Waals surface area contributed by atoms with Crippen LogP contribution in [0.1, 0.15) is 5.56 Å². The normalized spacial score (nSPS) is 12.2. The molecule has 1 N–H and O–H groups in total. The number of quaternary nitrogens is 1. The predicted molar refractivity (Wildman–Crippen MR) is 104 cm³/mol. The van der Waals surface area contributed by atoms with Crippen molar-refractivity contribution >= 4 is 12.2 Å². The molecule has 2 aromatic heterocycles. The third-order valence-electron chi connectivity index (χ3n) is 4.22. The Kier molecular flexibility index (Phi) is 4.91. The third-order valence-corrected chi connectivity index (χ3v) is 4.61. The quantitative estimate of drug-likeness (QED) is 0.519. The summed E-state index contributed by atoms with van der Waals surface area (Å²) in [5.74, 6) is 0. The zero-order valence-electron chi connectivity index (χ0n) is 14.9. The van der Waals surface area contributed by atoms with Crippen LogP contribution in [0.4, 0.5) is 0 Å². The Hall–Kier alpha value is -3.10. The molecule has 2 aromatic carbocycles. The first-order chi connectivity index (χ1) is 13.2. The summed E-state index contributed by atoms with van der Waals surface area (Å²) in [6, 6.07) is 19.9. The Morgan fingerprint density at radius 2 is 1.59 bits per heavy atom. The number of nitrogens with zero attached hydrogens (tertiary/aromatic N) is 6. The van der Waals surface area contributed by atoms with E-state index in [4.69, 9.17) is 12.2 Å². The summed E-state index contributed by atoms with van der Waals surface area (Å²) in [7, 11) is 2.10. The highest BCUT2D eigenvalue weighted by atomic mass is 32.1. The van der Waals surface area contributed by atoms with Crippen molar-refractivity contribution in [3.8, 4) is 11.4 Å². The summed E-state index contributed by atoms with van der Waals surface area (Å²) in [4.78, 5) is 1.24. The van der Waals surface area contributed by atoms with E-state index in [1.165, 1.54) is 4.90 Å². The molecule has 1 unspecified atom stereocenters. The van der Waals surface area contributed by atoms with Gasteiger partial charge in [-0.15, -0.1) is 0 Å². The van der Waals surface area contributed by atoms with Crippen molar-refractivity contribution in [2.24, 2.45) is 0 Å². The fourth-order valence-corrected chi connectivity index (χ4v) is 3.18. The Labute approximate surface area is 162 Å². The van der Waals surface area contributed by atoms with E-state index in [0.717, 1.165) is 23.5 Å². The highest BCUT2D eigenvalue weighted by molar-refractivity contribution is 7.71. The van der Waals surface area contributed by atoms with Crippen LogP contribution in [0.3, 0.4) is 0 Å². The van der Waals surface area contributed by atoms with Crippen molar-refractivity contribution in [2.45, 2.75) is 13.2 Å². The van der Waals surface area contributed by atoms with Gasteiger partial charge in [-0.3, -0.25) is 0 Å². The largest absolute Gasteiger partial charge is 0.315 e. The molecule has 0 aliphatic carbocycles. The van der Waals surface area contributed by atoms with E-state index in [2.05, 4.69) is 28.8 Å². The lowest BCUT2D eigenvalue weighted by atomic mass is 10.3. The van der Waals surface area contributed by atoms with Gasteiger partial charge in [0.15, 0.2) is 6.67 Å². The van der Waals surface area contributed by atoms with Crippen molar-refractivity contribution in [3.63, 3.8) is 0 Å². The molecule has 0 aliphatic heterocycles. The zero-order chi connectivity index (χ0) is 18.6. The Bertz CT molecular complexity index is 1070. The summed E-state index contributed by atoms with van der Waals surface area (Å²) in [5, 5.41) is 12.8. The lowest BCUT2D eigenvalue weighted by Gasteiger charge is -2.11. The highest BCUT2D eigenvalue weighted by Crippen LogP contribution is 2.07. The maximum atomic E-state index is 5.53.